The molecule has 1 amide bonds. The van der Waals surface area contributed by atoms with Gasteiger partial charge in [-0.1, -0.05) is 35.5 Å². The van der Waals surface area contributed by atoms with Gasteiger partial charge in [-0.25, -0.2) is 9.67 Å². The fourth-order valence-corrected chi connectivity index (χ4v) is 4.19. The highest BCUT2D eigenvalue weighted by molar-refractivity contribution is 7.15. The molecule has 0 unspecified atom stereocenters. The van der Waals surface area contributed by atoms with Crippen molar-refractivity contribution in [2.45, 2.75) is 32.2 Å². The van der Waals surface area contributed by atoms with Crippen LogP contribution >= 0.6 is 23.7 Å². The SMILES string of the molecule is Cc1c(C(=O)Nc2ncc(Cc3ccccc3)s2)nnn1C1CCNCC1.Cl. The van der Waals surface area contributed by atoms with Crippen LogP contribution in [-0.4, -0.2) is 39.0 Å². The van der Waals surface area contributed by atoms with E-state index in [1.807, 2.05) is 36.0 Å². The molecular formula is C19H23ClN6OS. The molecule has 0 bridgehead atoms. The first-order valence-electron chi connectivity index (χ1n) is 9.13. The molecule has 28 heavy (non-hydrogen) atoms. The number of piperidine rings is 1. The molecule has 1 aliphatic rings. The van der Waals surface area contributed by atoms with Gasteiger partial charge in [0.1, 0.15) is 0 Å². The summed E-state index contributed by atoms with van der Waals surface area (Å²) in [5.74, 6) is -0.256. The first kappa shape index (κ1) is 20.4. The molecule has 1 aromatic carbocycles. The molecule has 1 fully saturated rings. The van der Waals surface area contributed by atoms with Crippen LogP contribution in [0.25, 0.3) is 0 Å². The lowest BCUT2D eigenvalue weighted by Crippen LogP contribution is -2.30. The molecule has 7 nitrogen and oxygen atoms in total. The second-order valence-corrected chi connectivity index (χ2v) is 7.81. The Morgan fingerprint density at radius 2 is 2.04 bits per heavy atom. The van der Waals surface area contributed by atoms with Crippen LogP contribution in [0.3, 0.4) is 0 Å². The Morgan fingerprint density at radius 1 is 1.29 bits per heavy atom. The fourth-order valence-electron chi connectivity index (χ4n) is 3.35. The Kier molecular flexibility index (Phi) is 6.77. The van der Waals surface area contributed by atoms with Gasteiger partial charge in [0.15, 0.2) is 10.8 Å². The summed E-state index contributed by atoms with van der Waals surface area (Å²) in [5, 5.41) is 15.1. The number of nitrogens with zero attached hydrogens (tertiary/aromatic N) is 4. The summed E-state index contributed by atoms with van der Waals surface area (Å²) in [5.41, 5.74) is 2.40. The molecule has 0 radical (unpaired) electrons. The molecule has 148 valence electrons. The zero-order chi connectivity index (χ0) is 18.6. The minimum absolute atomic E-state index is 0. The second kappa shape index (κ2) is 9.27. The first-order chi connectivity index (χ1) is 13.2. The highest BCUT2D eigenvalue weighted by atomic mass is 35.5. The van der Waals surface area contributed by atoms with Crippen LogP contribution in [-0.2, 0) is 6.42 Å². The molecule has 9 heteroatoms. The van der Waals surface area contributed by atoms with E-state index in [9.17, 15) is 4.79 Å². The molecule has 3 heterocycles. The summed E-state index contributed by atoms with van der Waals surface area (Å²) in [4.78, 5) is 18.1. The van der Waals surface area contributed by atoms with E-state index >= 15 is 0 Å². The predicted octanol–water partition coefficient (Wildman–Crippen LogP) is 3.23. The lowest BCUT2D eigenvalue weighted by atomic mass is 10.1. The van der Waals surface area contributed by atoms with Crippen molar-refractivity contribution in [3.8, 4) is 0 Å². The number of thiazole rings is 1. The standard InChI is InChI=1S/C19H22N6OS.ClH/c1-13-17(23-24-25(13)15-7-9-20-10-8-15)18(26)22-19-21-12-16(27-19)11-14-5-3-2-4-6-14;/h2-6,12,15,20H,7-11H2,1H3,(H,21,22,26);1H. The summed E-state index contributed by atoms with van der Waals surface area (Å²) in [6.45, 7) is 3.84. The Labute approximate surface area is 174 Å². The number of carbonyl (C=O) groups is 1. The van der Waals surface area contributed by atoms with Crippen LogP contribution in [0, 0.1) is 6.92 Å². The predicted molar refractivity (Wildman–Crippen MR) is 112 cm³/mol. The Balaban J connectivity index is 0.00000225. The summed E-state index contributed by atoms with van der Waals surface area (Å²) in [7, 11) is 0. The maximum atomic E-state index is 12.6. The monoisotopic (exact) mass is 418 g/mol. The normalized spacial score (nSPS) is 14.5. The number of anilines is 1. The average molecular weight is 419 g/mol. The molecule has 4 rings (SSSR count). The van der Waals surface area contributed by atoms with Crippen LogP contribution in [0.1, 0.15) is 45.5 Å². The van der Waals surface area contributed by atoms with Crippen molar-refractivity contribution in [2.24, 2.45) is 0 Å². The third kappa shape index (κ3) is 4.57. The van der Waals surface area contributed by atoms with Crippen LogP contribution in [0.2, 0.25) is 0 Å². The van der Waals surface area contributed by atoms with Gasteiger partial charge in [0, 0.05) is 17.5 Å². The van der Waals surface area contributed by atoms with Gasteiger partial charge >= 0.3 is 0 Å². The van der Waals surface area contributed by atoms with Gasteiger partial charge in [0.2, 0.25) is 0 Å². The van der Waals surface area contributed by atoms with Crippen LogP contribution in [0.15, 0.2) is 36.5 Å². The van der Waals surface area contributed by atoms with Crippen molar-refractivity contribution < 1.29 is 4.79 Å². The van der Waals surface area contributed by atoms with E-state index in [1.165, 1.54) is 16.9 Å². The van der Waals surface area contributed by atoms with E-state index in [4.69, 9.17) is 0 Å². The van der Waals surface area contributed by atoms with Gasteiger partial charge in [0.25, 0.3) is 5.91 Å². The molecule has 3 aromatic rings. The number of carbonyl (C=O) groups excluding carboxylic acids is 1. The van der Waals surface area contributed by atoms with Crippen molar-refractivity contribution >= 4 is 34.8 Å². The lowest BCUT2D eigenvalue weighted by molar-refractivity contribution is 0.102. The molecule has 2 aromatic heterocycles. The topological polar surface area (TPSA) is 84.7 Å². The van der Waals surface area contributed by atoms with Crippen molar-refractivity contribution in [3.63, 3.8) is 0 Å². The average Bonchev–Trinajstić information content (AvgIpc) is 3.29. The number of aromatic nitrogens is 4. The number of amides is 1. The molecular weight excluding hydrogens is 396 g/mol. The van der Waals surface area contributed by atoms with Crippen LogP contribution in [0.4, 0.5) is 5.13 Å². The lowest BCUT2D eigenvalue weighted by Gasteiger charge is -2.23. The fraction of sp³-hybridized carbons (Fsp3) is 0.368. The molecule has 0 atom stereocenters. The third-order valence-corrected chi connectivity index (χ3v) is 5.71. The molecule has 0 saturated carbocycles. The zero-order valence-electron chi connectivity index (χ0n) is 15.6. The molecule has 1 saturated heterocycles. The number of rotatable bonds is 5. The van der Waals surface area contributed by atoms with E-state index < -0.39 is 0 Å². The van der Waals surface area contributed by atoms with Crippen LogP contribution in [0.5, 0.6) is 0 Å². The highest BCUT2D eigenvalue weighted by Gasteiger charge is 2.23. The van der Waals surface area contributed by atoms with Crippen molar-refractivity contribution in [1.29, 1.82) is 0 Å². The number of hydrogen-bond donors (Lipinski definition) is 2. The van der Waals surface area contributed by atoms with Crippen molar-refractivity contribution in [3.05, 3.63) is 58.4 Å². The largest absolute Gasteiger partial charge is 0.317 e. The second-order valence-electron chi connectivity index (χ2n) is 6.70. The summed E-state index contributed by atoms with van der Waals surface area (Å²) >= 11 is 1.49. The van der Waals surface area contributed by atoms with Gasteiger partial charge in [-0.05, 0) is 38.4 Å². The Hall–Kier alpha value is -2.29. The van der Waals surface area contributed by atoms with Gasteiger partial charge < -0.3 is 5.32 Å². The van der Waals surface area contributed by atoms with E-state index in [2.05, 4.69) is 38.1 Å². The molecule has 0 spiro atoms. The minimum Gasteiger partial charge on any atom is -0.317 e. The molecule has 0 aliphatic carbocycles. The maximum Gasteiger partial charge on any atom is 0.279 e. The summed E-state index contributed by atoms with van der Waals surface area (Å²) in [6, 6.07) is 10.5. The van der Waals surface area contributed by atoms with E-state index in [0.717, 1.165) is 42.9 Å². The van der Waals surface area contributed by atoms with Crippen molar-refractivity contribution in [1.82, 2.24) is 25.3 Å². The highest BCUT2D eigenvalue weighted by Crippen LogP contribution is 2.23. The number of nitrogens with one attached hydrogen (secondary N) is 2. The van der Waals surface area contributed by atoms with Gasteiger partial charge in [-0.15, -0.1) is 28.8 Å². The zero-order valence-corrected chi connectivity index (χ0v) is 17.2. The quantitative estimate of drug-likeness (QED) is 0.664. The van der Waals surface area contributed by atoms with E-state index in [1.54, 1.807) is 0 Å². The Bertz CT molecular complexity index is 920. The number of hydrogen-bond acceptors (Lipinski definition) is 6. The number of benzene rings is 1. The summed E-state index contributed by atoms with van der Waals surface area (Å²) < 4.78 is 1.89. The van der Waals surface area contributed by atoms with E-state index in [0.29, 0.717) is 16.9 Å². The summed E-state index contributed by atoms with van der Waals surface area (Å²) in [6.07, 6.45) is 4.62. The first-order valence-corrected chi connectivity index (χ1v) is 9.95. The van der Waals surface area contributed by atoms with Gasteiger partial charge in [0.05, 0.1) is 11.7 Å². The van der Waals surface area contributed by atoms with Crippen molar-refractivity contribution in [2.75, 3.05) is 18.4 Å². The molecule has 2 N–H and O–H groups in total. The number of halogens is 1. The third-order valence-electron chi connectivity index (χ3n) is 4.79. The smallest absolute Gasteiger partial charge is 0.279 e. The minimum atomic E-state index is -0.256. The van der Waals surface area contributed by atoms with Gasteiger partial charge in [-0.3, -0.25) is 10.1 Å². The Morgan fingerprint density at radius 3 is 2.79 bits per heavy atom. The van der Waals surface area contributed by atoms with E-state index in [-0.39, 0.29) is 18.3 Å². The molecule has 1 aliphatic heterocycles. The maximum absolute atomic E-state index is 12.6. The van der Waals surface area contributed by atoms with Gasteiger partial charge in [-0.2, -0.15) is 0 Å². The van der Waals surface area contributed by atoms with Crippen LogP contribution < -0.4 is 10.6 Å².